The minimum atomic E-state index is -0.544. The molecule has 1 aromatic rings. The summed E-state index contributed by atoms with van der Waals surface area (Å²) in [6.45, 7) is 0.915. The van der Waals surface area contributed by atoms with Gasteiger partial charge in [-0.25, -0.2) is 0 Å². The molecule has 28 heavy (non-hydrogen) atoms. The molecule has 2 heterocycles. The van der Waals surface area contributed by atoms with Gasteiger partial charge in [0, 0.05) is 17.7 Å². The van der Waals surface area contributed by atoms with Gasteiger partial charge >= 0.3 is 0 Å². The Hall–Kier alpha value is -1.73. The third-order valence-corrected chi connectivity index (χ3v) is 6.83. The Morgan fingerprint density at radius 3 is 2.39 bits per heavy atom. The van der Waals surface area contributed by atoms with E-state index in [1.807, 2.05) is 24.3 Å². The summed E-state index contributed by atoms with van der Waals surface area (Å²) in [5.74, 6) is -1.09. The van der Waals surface area contributed by atoms with Crippen molar-refractivity contribution in [3.63, 3.8) is 0 Å². The van der Waals surface area contributed by atoms with E-state index in [1.165, 1.54) is 4.90 Å². The molecule has 4 rings (SSSR count). The number of hydrogen-bond acceptors (Lipinski definition) is 4. The number of carbonyl (C=O) groups excluding carboxylic acids is 3. The van der Waals surface area contributed by atoms with E-state index in [2.05, 4.69) is 21.2 Å². The Morgan fingerprint density at radius 1 is 1.14 bits per heavy atom. The fourth-order valence-corrected chi connectivity index (χ4v) is 5.23. The van der Waals surface area contributed by atoms with E-state index in [0.717, 1.165) is 35.7 Å². The highest BCUT2D eigenvalue weighted by Gasteiger charge is 2.49. The Balaban J connectivity index is 1.51. The summed E-state index contributed by atoms with van der Waals surface area (Å²) in [7, 11) is 0. The van der Waals surface area contributed by atoms with Crippen molar-refractivity contribution in [3.05, 3.63) is 34.3 Å². The Kier molecular flexibility index (Phi) is 5.56. The van der Waals surface area contributed by atoms with Crippen LogP contribution in [0.25, 0.3) is 0 Å². The molecule has 0 aromatic heterocycles. The molecule has 2 aliphatic heterocycles. The van der Waals surface area contributed by atoms with Gasteiger partial charge in [0.25, 0.3) is 0 Å². The molecular formula is C21H25BrN2O4. The first-order valence-corrected chi connectivity index (χ1v) is 10.8. The minimum Gasteiger partial charge on any atom is -0.381 e. The maximum Gasteiger partial charge on any atom is 0.240 e. The van der Waals surface area contributed by atoms with Crippen molar-refractivity contribution >= 4 is 33.7 Å². The van der Waals surface area contributed by atoms with Gasteiger partial charge in [-0.2, -0.15) is 0 Å². The van der Waals surface area contributed by atoms with Crippen molar-refractivity contribution in [1.82, 2.24) is 10.2 Å². The summed E-state index contributed by atoms with van der Waals surface area (Å²) in [4.78, 5) is 39.4. The average Bonchev–Trinajstić information content (AvgIpc) is 2.94. The quantitative estimate of drug-likeness (QED) is 0.718. The normalized spacial score (nSPS) is 26.8. The monoisotopic (exact) mass is 448 g/mol. The molecule has 150 valence electrons. The fourth-order valence-electron chi connectivity index (χ4n) is 4.83. The first-order valence-electron chi connectivity index (χ1n) is 10.0. The van der Waals surface area contributed by atoms with E-state index < -0.39 is 5.54 Å². The predicted molar refractivity (Wildman–Crippen MR) is 106 cm³/mol. The highest BCUT2D eigenvalue weighted by molar-refractivity contribution is 9.10. The number of imide groups is 1. The maximum atomic E-state index is 12.9. The molecule has 2 atom stereocenters. The van der Waals surface area contributed by atoms with Gasteiger partial charge in [-0.1, -0.05) is 40.9 Å². The first-order chi connectivity index (χ1) is 13.5. The molecule has 1 saturated carbocycles. The second kappa shape index (κ2) is 7.95. The Bertz CT molecular complexity index is 766. The van der Waals surface area contributed by atoms with Gasteiger partial charge in [0.05, 0.1) is 17.4 Å². The van der Waals surface area contributed by atoms with Crippen molar-refractivity contribution in [3.8, 4) is 0 Å². The molecule has 1 aromatic carbocycles. The standard InChI is InChI=1S/C21H25BrN2O4/c22-15-5-3-4-14(12-15)21(8-10-28-11-9-21)23-18(25)13-24-19(26)16-6-1-2-7-17(16)20(24)27/h3-5,12,16-17H,1-2,6-11,13H2,(H,23,25). The molecule has 0 radical (unpaired) electrons. The van der Waals surface area contributed by atoms with Crippen molar-refractivity contribution in [1.29, 1.82) is 0 Å². The summed E-state index contributed by atoms with van der Waals surface area (Å²) in [5, 5.41) is 3.14. The summed E-state index contributed by atoms with van der Waals surface area (Å²) in [6, 6.07) is 7.89. The largest absolute Gasteiger partial charge is 0.381 e. The van der Waals surface area contributed by atoms with Crippen LogP contribution in [0.5, 0.6) is 0 Å². The van der Waals surface area contributed by atoms with Crippen LogP contribution in [0.3, 0.4) is 0 Å². The molecule has 6 nitrogen and oxygen atoms in total. The van der Waals surface area contributed by atoms with E-state index in [1.54, 1.807) is 0 Å². The first kappa shape index (κ1) is 19.6. The number of amides is 3. The molecule has 7 heteroatoms. The number of ether oxygens (including phenoxy) is 1. The number of fused-ring (bicyclic) bond motifs is 1. The zero-order valence-corrected chi connectivity index (χ0v) is 17.4. The third-order valence-electron chi connectivity index (χ3n) is 6.34. The van der Waals surface area contributed by atoms with E-state index in [4.69, 9.17) is 4.74 Å². The topological polar surface area (TPSA) is 75.7 Å². The summed E-state index contributed by atoms with van der Waals surface area (Å²) in [6.07, 6.45) is 4.78. The second-order valence-electron chi connectivity index (χ2n) is 8.01. The lowest BCUT2D eigenvalue weighted by Gasteiger charge is -2.39. The number of nitrogens with one attached hydrogen (secondary N) is 1. The van der Waals surface area contributed by atoms with Crippen LogP contribution >= 0.6 is 15.9 Å². The van der Waals surface area contributed by atoms with Crippen molar-refractivity contribution in [2.75, 3.05) is 19.8 Å². The highest BCUT2D eigenvalue weighted by atomic mass is 79.9. The highest BCUT2D eigenvalue weighted by Crippen LogP contribution is 2.38. The van der Waals surface area contributed by atoms with E-state index in [0.29, 0.717) is 26.1 Å². The molecule has 0 bridgehead atoms. The molecular weight excluding hydrogens is 424 g/mol. The van der Waals surface area contributed by atoms with Crippen LogP contribution in [-0.2, 0) is 24.7 Å². The lowest BCUT2D eigenvalue weighted by Crippen LogP contribution is -2.52. The summed E-state index contributed by atoms with van der Waals surface area (Å²) >= 11 is 3.50. The van der Waals surface area contributed by atoms with Crippen LogP contribution in [0.2, 0.25) is 0 Å². The molecule has 1 N–H and O–H groups in total. The van der Waals surface area contributed by atoms with Gasteiger partial charge in [-0.15, -0.1) is 0 Å². The maximum absolute atomic E-state index is 12.9. The number of likely N-dealkylation sites (tertiary alicyclic amines) is 1. The number of halogens is 1. The van der Waals surface area contributed by atoms with Gasteiger partial charge in [0.1, 0.15) is 6.54 Å². The number of carbonyl (C=O) groups is 3. The van der Waals surface area contributed by atoms with Crippen LogP contribution < -0.4 is 5.32 Å². The SMILES string of the molecule is O=C(CN1C(=O)C2CCCCC2C1=O)NC1(c2cccc(Br)c2)CCOCC1. The molecule has 0 spiro atoms. The van der Waals surface area contributed by atoms with Crippen molar-refractivity contribution < 1.29 is 19.1 Å². The zero-order valence-electron chi connectivity index (χ0n) is 15.8. The van der Waals surface area contributed by atoms with Gasteiger partial charge in [-0.05, 0) is 43.4 Å². The van der Waals surface area contributed by atoms with Crippen molar-refractivity contribution in [2.24, 2.45) is 11.8 Å². The van der Waals surface area contributed by atoms with Crippen LogP contribution in [0.15, 0.2) is 28.7 Å². The molecule has 3 aliphatic rings. The van der Waals surface area contributed by atoms with Crippen molar-refractivity contribution in [2.45, 2.75) is 44.1 Å². The predicted octanol–water partition coefficient (Wildman–Crippen LogP) is 2.75. The lowest BCUT2D eigenvalue weighted by atomic mass is 9.81. The van der Waals surface area contributed by atoms with Crippen LogP contribution in [-0.4, -0.2) is 42.4 Å². The van der Waals surface area contributed by atoms with Gasteiger partial charge in [0.2, 0.25) is 17.7 Å². The number of rotatable bonds is 4. The second-order valence-corrected chi connectivity index (χ2v) is 8.93. The molecule has 1 aliphatic carbocycles. The number of nitrogens with zero attached hydrogens (tertiary/aromatic N) is 1. The van der Waals surface area contributed by atoms with Crippen LogP contribution in [0.1, 0.15) is 44.1 Å². The van der Waals surface area contributed by atoms with E-state index in [9.17, 15) is 14.4 Å². The molecule has 2 saturated heterocycles. The third kappa shape index (κ3) is 3.62. The van der Waals surface area contributed by atoms with Gasteiger partial charge < -0.3 is 10.1 Å². The fraction of sp³-hybridized carbons (Fsp3) is 0.571. The van der Waals surface area contributed by atoms with Crippen LogP contribution in [0, 0.1) is 11.8 Å². The Labute approximate surface area is 173 Å². The van der Waals surface area contributed by atoms with Gasteiger partial charge in [0.15, 0.2) is 0 Å². The molecule has 3 fully saturated rings. The molecule has 2 unspecified atom stereocenters. The average molecular weight is 449 g/mol. The summed E-state index contributed by atoms with van der Waals surface area (Å²) in [5.41, 5.74) is 0.462. The summed E-state index contributed by atoms with van der Waals surface area (Å²) < 4.78 is 6.45. The number of benzene rings is 1. The zero-order chi connectivity index (χ0) is 19.7. The number of hydrogen-bond donors (Lipinski definition) is 1. The lowest BCUT2D eigenvalue weighted by molar-refractivity contribution is -0.144. The van der Waals surface area contributed by atoms with Crippen LogP contribution in [0.4, 0.5) is 0 Å². The van der Waals surface area contributed by atoms with Gasteiger partial charge in [-0.3, -0.25) is 19.3 Å². The van der Waals surface area contributed by atoms with E-state index in [-0.39, 0.29) is 36.1 Å². The van der Waals surface area contributed by atoms with E-state index >= 15 is 0 Å². The Morgan fingerprint density at radius 2 is 1.79 bits per heavy atom. The molecule has 3 amide bonds. The minimum absolute atomic E-state index is 0.173. The smallest absolute Gasteiger partial charge is 0.240 e.